The molecule has 126 valence electrons. The third-order valence-corrected chi connectivity index (χ3v) is 5.44. The van der Waals surface area contributed by atoms with Crippen molar-refractivity contribution >= 4 is 50.9 Å². The molecule has 2 nitrogen and oxygen atoms in total. The average molecular weight is 433 g/mol. The molecule has 0 spiro atoms. The van der Waals surface area contributed by atoms with Crippen molar-refractivity contribution in [2.75, 3.05) is 5.32 Å². The van der Waals surface area contributed by atoms with Crippen molar-refractivity contribution in [3.8, 4) is 0 Å². The lowest BCUT2D eigenvalue weighted by Crippen LogP contribution is -2.12. The molecule has 3 aromatic rings. The van der Waals surface area contributed by atoms with E-state index in [2.05, 4.69) is 33.4 Å². The summed E-state index contributed by atoms with van der Waals surface area (Å²) < 4.78 is 0.815. The number of rotatable bonds is 5. The summed E-state index contributed by atoms with van der Waals surface area (Å²) in [5, 5.41) is 3.30. The first-order valence-electron chi connectivity index (χ1n) is 7.65. The first-order chi connectivity index (χ1) is 12.1. The van der Waals surface area contributed by atoms with Crippen LogP contribution in [0.25, 0.3) is 0 Å². The molecule has 0 saturated heterocycles. The Morgan fingerprint density at radius 1 is 1.00 bits per heavy atom. The Balaban J connectivity index is 1.62. The molecule has 3 rings (SSSR count). The van der Waals surface area contributed by atoms with E-state index in [0.29, 0.717) is 10.6 Å². The lowest BCUT2D eigenvalue weighted by molar-refractivity contribution is 0.102. The van der Waals surface area contributed by atoms with Crippen molar-refractivity contribution < 1.29 is 4.79 Å². The standard InChI is InChI=1S/C20H15BrClNOS/c21-15-8-11-19(22)18(12-15)20(24)23-16-9-6-14(7-10-16)13-25-17-4-2-1-3-5-17/h1-12H,13H2,(H,23,24). The second-order valence-corrected chi connectivity index (χ2v) is 7.75. The maximum Gasteiger partial charge on any atom is 0.257 e. The summed E-state index contributed by atoms with van der Waals surface area (Å²) in [6.45, 7) is 0. The number of anilines is 1. The van der Waals surface area contributed by atoms with Crippen LogP contribution in [0.1, 0.15) is 15.9 Å². The zero-order valence-electron chi connectivity index (χ0n) is 13.2. The van der Waals surface area contributed by atoms with Gasteiger partial charge in [0.05, 0.1) is 10.6 Å². The fraction of sp³-hybridized carbons (Fsp3) is 0.0500. The summed E-state index contributed by atoms with van der Waals surface area (Å²) in [7, 11) is 0. The second kappa shape index (κ2) is 8.56. The summed E-state index contributed by atoms with van der Waals surface area (Å²) in [5.41, 5.74) is 2.39. The van der Waals surface area contributed by atoms with E-state index in [4.69, 9.17) is 11.6 Å². The zero-order valence-corrected chi connectivity index (χ0v) is 16.4. The third kappa shape index (κ3) is 5.11. The van der Waals surface area contributed by atoms with Crippen LogP contribution < -0.4 is 5.32 Å². The van der Waals surface area contributed by atoms with E-state index in [1.165, 1.54) is 10.5 Å². The Morgan fingerprint density at radius 2 is 1.72 bits per heavy atom. The first-order valence-corrected chi connectivity index (χ1v) is 9.81. The van der Waals surface area contributed by atoms with E-state index in [-0.39, 0.29) is 5.91 Å². The van der Waals surface area contributed by atoms with E-state index >= 15 is 0 Å². The molecule has 0 aliphatic heterocycles. The lowest BCUT2D eigenvalue weighted by atomic mass is 10.2. The topological polar surface area (TPSA) is 29.1 Å². The molecule has 0 fully saturated rings. The Bertz CT molecular complexity index is 869. The average Bonchev–Trinajstić information content (AvgIpc) is 2.64. The molecular weight excluding hydrogens is 418 g/mol. The highest BCUT2D eigenvalue weighted by molar-refractivity contribution is 9.10. The Hall–Kier alpha value is -1.75. The molecule has 1 N–H and O–H groups in total. The summed E-state index contributed by atoms with van der Waals surface area (Å²) in [6.07, 6.45) is 0. The van der Waals surface area contributed by atoms with Crippen molar-refractivity contribution in [2.45, 2.75) is 10.6 Å². The van der Waals surface area contributed by atoms with E-state index in [1.807, 2.05) is 42.5 Å². The van der Waals surface area contributed by atoms with Gasteiger partial charge < -0.3 is 5.32 Å². The van der Waals surface area contributed by atoms with Crippen LogP contribution >= 0.6 is 39.3 Å². The van der Waals surface area contributed by atoms with Crippen LogP contribution in [0.2, 0.25) is 5.02 Å². The molecule has 0 heterocycles. The van der Waals surface area contributed by atoms with Crippen LogP contribution in [0.3, 0.4) is 0 Å². The number of amides is 1. The van der Waals surface area contributed by atoms with Crippen LogP contribution in [-0.4, -0.2) is 5.91 Å². The Kier molecular flexibility index (Phi) is 6.19. The number of benzene rings is 3. The maximum absolute atomic E-state index is 12.4. The van der Waals surface area contributed by atoms with Gasteiger partial charge in [-0.3, -0.25) is 4.79 Å². The monoisotopic (exact) mass is 431 g/mol. The molecule has 1 amide bonds. The number of carbonyl (C=O) groups is 1. The van der Waals surface area contributed by atoms with Crippen molar-refractivity contribution in [1.29, 1.82) is 0 Å². The summed E-state index contributed by atoms with van der Waals surface area (Å²) in [4.78, 5) is 13.6. The van der Waals surface area contributed by atoms with Gasteiger partial charge >= 0.3 is 0 Å². The van der Waals surface area contributed by atoms with Crippen LogP contribution in [0.15, 0.2) is 82.2 Å². The highest BCUT2D eigenvalue weighted by Crippen LogP contribution is 2.24. The first kappa shape index (κ1) is 18.1. The minimum atomic E-state index is -0.224. The fourth-order valence-corrected chi connectivity index (χ4v) is 3.68. The summed E-state index contributed by atoms with van der Waals surface area (Å²) in [6, 6.07) is 23.4. The van der Waals surface area contributed by atoms with E-state index < -0.39 is 0 Å². The highest BCUT2D eigenvalue weighted by atomic mass is 79.9. The van der Waals surface area contributed by atoms with Crippen molar-refractivity contribution in [1.82, 2.24) is 0 Å². The molecule has 0 saturated carbocycles. The molecule has 0 aliphatic carbocycles. The largest absolute Gasteiger partial charge is 0.322 e. The third-order valence-electron chi connectivity index (χ3n) is 3.53. The van der Waals surface area contributed by atoms with Gasteiger partial charge in [0.15, 0.2) is 0 Å². The smallest absolute Gasteiger partial charge is 0.257 e. The predicted molar refractivity (Wildman–Crippen MR) is 110 cm³/mol. The Labute approximate surface area is 164 Å². The van der Waals surface area contributed by atoms with Gasteiger partial charge in [-0.2, -0.15) is 0 Å². The molecule has 25 heavy (non-hydrogen) atoms. The number of carbonyl (C=O) groups excluding carboxylic acids is 1. The maximum atomic E-state index is 12.4. The molecule has 0 radical (unpaired) electrons. The normalized spacial score (nSPS) is 10.5. The van der Waals surface area contributed by atoms with Crippen LogP contribution in [0, 0.1) is 0 Å². The molecule has 0 atom stereocenters. The minimum Gasteiger partial charge on any atom is -0.322 e. The van der Waals surface area contributed by atoms with Crippen molar-refractivity contribution in [3.05, 3.63) is 93.4 Å². The fourth-order valence-electron chi connectivity index (χ4n) is 2.24. The van der Waals surface area contributed by atoms with Gasteiger partial charge in [-0.15, -0.1) is 11.8 Å². The SMILES string of the molecule is O=C(Nc1ccc(CSc2ccccc2)cc1)c1cc(Br)ccc1Cl. The van der Waals surface area contributed by atoms with Crippen molar-refractivity contribution in [2.24, 2.45) is 0 Å². The van der Waals surface area contributed by atoms with E-state index in [1.54, 1.807) is 30.0 Å². The molecule has 0 aliphatic rings. The molecule has 3 aromatic carbocycles. The molecule has 5 heteroatoms. The van der Waals surface area contributed by atoms with Gasteiger partial charge in [0, 0.05) is 20.8 Å². The number of thioether (sulfide) groups is 1. The quantitative estimate of drug-likeness (QED) is 0.457. The predicted octanol–water partition coefficient (Wildman–Crippen LogP) is 6.65. The zero-order chi connectivity index (χ0) is 17.6. The number of hydrogen-bond donors (Lipinski definition) is 1. The molecular formula is C20H15BrClNOS. The lowest BCUT2D eigenvalue weighted by Gasteiger charge is -2.08. The summed E-state index contributed by atoms with van der Waals surface area (Å²) >= 11 is 11.2. The van der Waals surface area contributed by atoms with Crippen LogP contribution in [-0.2, 0) is 5.75 Å². The van der Waals surface area contributed by atoms with Gasteiger partial charge in [-0.25, -0.2) is 0 Å². The number of nitrogens with one attached hydrogen (secondary N) is 1. The van der Waals surface area contributed by atoms with Gasteiger partial charge in [0.25, 0.3) is 5.91 Å². The van der Waals surface area contributed by atoms with Gasteiger partial charge in [-0.05, 0) is 48.0 Å². The van der Waals surface area contributed by atoms with Crippen LogP contribution in [0.4, 0.5) is 5.69 Å². The number of halogens is 2. The molecule has 0 unspecified atom stereocenters. The molecule has 0 aromatic heterocycles. The van der Waals surface area contributed by atoms with Gasteiger partial charge in [0.1, 0.15) is 0 Å². The van der Waals surface area contributed by atoms with E-state index in [0.717, 1.165) is 15.9 Å². The van der Waals surface area contributed by atoms with Crippen molar-refractivity contribution in [3.63, 3.8) is 0 Å². The molecule has 0 bridgehead atoms. The second-order valence-electron chi connectivity index (χ2n) is 5.38. The summed E-state index contributed by atoms with van der Waals surface area (Å²) in [5.74, 6) is 0.660. The Morgan fingerprint density at radius 3 is 2.44 bits per heavy atom. The van der Waals surface area contributed by atoms with E-state index in [9.17, 15) is 4.79 Å². The highest BCUT2D eigenvalue weighted by Gasteiger charge is 2.11. The number of hydrogen-bond acceptors (Lipinski definition) is 2. The van der Waals surface area contributed by atoms with Crippen LogP contribution in [0.5, 0.6) is 0 Å². The minimum absolute atomic E-state index is 0.224. The van der Waals surface area contributed by atoms with Gasteiger partial charge in [-0.1, -0.05) is 57.9 Å². The van der Waals surface area contributed by atoms with Gasteiger partial charge in [0.2, 0.25) is 0 Å².